The Labute approximate surface area is 155 Å². The number of anilines is 2. The van der Waals surface area contributed by atoms with E-state index >= 15 is 0 Å². The van der Waals surface area contributed by atoms with Gasteiger partial charge in [-0.25, -0.2) is 8.78 Å². The molecule has 2 aliphatic rings. The minimum atomic E-state index is -0.658. The lowest BCUT2D eigenvalue weighted by Gasteiger charge is -2.20. The fourth-order valence-electron chi connectivity index (χ4n) is 3.65. The Bertz CT molecular complexity index is 916. The average Bonchev–Trinajstić information content (AvgIpc) is 3.06. The maximum absolute atomic E-state index is 14.7. The Morgan fingerprint density at radius 2 is 2.00 bits per heavy atom. The molecule has 5 nitrogen and oxygen atoms in total. The Kier molecular flexibility index (Phi) is 4.61. The number of benzene rings is 2. The summed E-state index contributed by atoms with van der Waals surface area (Å²) in [6.07, 6.45) is 0.532. The summed E-state index contributed by atoms with van der Waals surface area (Å²) >= 11 is 0. The van der Waals surface area contributed by atoms with Gasteiger partial charge in [0.05, 0.1) is 17.3 Å². The molecule has 0 bridgehead atoms. The molecule has 2 aliphatic heterocycles. The molecule has 27 heavy (non-hydrogen) atoms. The zero-order chi connectivity index (χ0) is 19.0. The molecule has 2 amide bonds. The van der Waals surface area contributed by atoms with E-state index in [0.29, 0.717) is 25.1 Å². The molecule has 2 N–H and O–H groups in total. The number of carbonyl (C=O) groups excluding carboxylic acids is 2. The van der Waals surface area contributed by atoms with Crippen LogP contribution in [0.3, 0.4) is 0 Å². The zero-order valence-corrected chi connectivity index (χ0v) is 14.6. The summed E-state index contributed by atoms with van der Waals surface area (Å²) in [5.74, 6) is -2.35. The molecule has 2 aromatic rings. The Hall–Kier alpha value is -2.80. The van der Waals surface area contributed by atoms with Crippen molar-refractivity contribution >= 4 is 23.2 Å². The molecule has 1 unspecified atom stereocenters. The number of para-hydroxylation sites is 1. The van der Waals surface area contributed by atoms with Crippen molar-refractivity contribution in [2.75, 3.05) is 23.3 Å². The van der Waals surface area contributed by atoms with Crippen LogP contribution in [-0.2, 0) is 22.6 Å². The number of hydrogen-bond acceptors (Lipinski definition) is 3. The van der Waals surface area contributed by atoms with Crippen molar-refractivity contribution in [3.05, 3.63) is 59.2 Å². The quantitative estimate of drug-likeness (QED) is 0.872. The molecular weight excluding hydrogens is 352 g/mol. The highest BCUT2D eigenvalue weighted by Crippen LogP contribution is 2.29. The molecule has 4 rings (SSSR count). The highest BCUT2D eigenvalue weighted by atomic mass is 19.1. The van der Waals surface area contributed by atoms with Crippen molar-refractivity contribution in [1.82, 2.24) is 5.32 Å². The minimum Gasteiger partial charge on any atom is -0.323 e. The number of rotatable bonds is 3. The fourth-order valence-corrected chi connectivity index (χ4v) is 3.65. The summed E-state index contributed by atoms with van der Waals surface area (Å²) in [6.45, 7) is 1.37. The van der Waals surface area contributed by atoms with Gasteiger partial charge in [-0.15, -0.1) is 0 Å². The molecule has 0 spiro atoms. The summed E-state index contributed by atoms with van der Waals surface area (Å²) in [7, 11) is 0. The number of hydrogen-bond donors (Lipinski definition) is 2. The van der Waals surface area contributed by atoms with Gasteiger partial charge in [0.25, 0.3) is 0 Å². The van der Waals surface area contributed by atoms with Gasteiger partial charge in [-0.1, -0.05) is 18.2 Å². The molecule has 1 saturated heterocycles. The highest BCUT2D eigenvalue weighted by Gasteiger charge is 2.36. The van der Waals surface area contributed by atoms with Crippen LogP contribution < -0.4 is 15.5 Å². The molecule has 1 fully saturated rings. The van der Waals surface area contributed by atoms with Crippen molar-refractivity contribution in [3.63, 3.8) is 0 Å². The second-order valence-corrected chi connectivity index (χ2v) is 6.84. The molecule has 140 valence electrons. The van der Waals surface area contributed by atoms with Crippen LogP contribution in [0.1, 0.15) is 17.5 Å². The van der Waals surface area contributed by atoms with Crippen molar-refractivity contribution in [2.45, 2.75) is 19.4 Å². The van der Waals surface area contributed by atoms with Gasteiger partial charge in [-0.2, -0.15) is 0 Å². The van der Waals surface area contributed by atoms with E-state index in [2.05, 4.69) is 10.6 Å². The molecule has 0 aliphatic carbocycles. The van der Waals surface area contributed by atoms with Gasteiger partial charge >= 0.3 is 0 Å². The molecule has 2 aromatic carbocycles. The second kappa shape index (κ2) is 7.08. The zero-order valence-electron chi connectivity index (χ0n) is 14.6. The topological polar surface area (TPSA) is 61.4 Å². The van der Waals surface area contributed by atoms with E-state index in [4.69, 9.17) is 0 Å². The number of fused-ring (bicyclic) bond motifs is 1. The van der Waals surface area contributed by atoms with E-state index < -0.39 is 23.5 Å². The third kappa shape index (κ3) is 3.30. The molecule has 0 radical (unpaired) electrons. The maximum atomic E-state index is 14.7. The van der Waals surface area contributed by atoms with Crippen LogP contribution in [0.15, 0.2) is 36.4 Å². The average molecular weight is 371 g/mol. The van der Waals surface area contributed by atoms with Crippen LogP contribution in [0.2, 0.25) is 0 Å². The van der Waals surface area contributed by atoms with E-state index in [1.807, 2.05) is 0 Å². The summed E-state index contributed by atoms with van der Waals surface area (Å²) < 4.78 is 28.7. The van der Waals surface area contributed by atoms with E-state index in [0.717, 1.165) is 5.56 Å². The molecule has 0 aromatic heterocycles. The SMILES string of the molecule is O=C(Nc1ccc2c(c1F)CCNC2)C1CC(=O)N(c2ccccc2F)C1. The summed E-state index contributed by atoms with van der Waals surface area (Å²) in [6, 6.07) is 9.29. The Morgan fingerprint density at radius 3 is 2.81 bits per heavy atom. The Balaban J connectivity index is 1.50. The summed E-state index contributed by atoms with van der Waals surface area (Å²) in [5.41, 5.74) is 1.78. The Morgan fingerprint density at radius 1 is 1.19 bits per heavy atom. The van der Waals surface area contributed by atoms with E-state index in [-0.39, 0.29) is 30.2 Å². The molecule has 2 heterocycles. The van der Waals surface area contributed by atoms with E-state index in [1.165, 1.54) is 23.1 Å². The molecule has 0 saturated carbocycles. The lowest BCUT2D eigenvalue weighted by atomic mass is 9.99. The van der Waals surface area contributed by atoms with Crippen molar-refractivity contribution in [2.24, 2.45) is 5.92 Å². The van der Waals surface area contributed by atoms with Crippen molar-refractivity contribution < 1.29 is 18.4 Å². The maximum Gasteiger partial charge on any atom is 0.229 e. The van der Waals surface area contributed by atoms with Crippen molar-refractivity contribution in [1.29, 1.82) is 0 Å². The van der Waals surface area contributed by atoms with Crippen LogP contribution in [0.4, 0.5) is 20.2 Å². The number of nitrogens with one attached hydrogen (secondary N) is 2. The fraction of sp³-hybridized carbons (Fsp3) is 0.300. The second-order valence-electron chi connectivity index (χ2n) is 6.84. The number of halogens is 2. The number of carbonyl (C=O) groups is 2. The first-order valence-corrected chi connectivity index (χ1v) is 8.91. The predicted molar refractivity (Wildman–Crippen MR) is 97.3 cm³/mol. The van der Waals surface area contributed by atoms with Gasteiger partial charge in [0.1, 0.15) is 11.6 Å². The van der Waals surface area contributed by atoms with Crippen molar-refractivity contribution in [3.8, 4) is 0 Å². The third-order valence-corrected chi connectivity index (χ3v) is 5.10. The molecule has 1 atom stereocenters. The van der Waals surface area contributed by atoms with Crippen LogP contribution >= 0.6 is 0 Å². The van der Waals surface area contributed by atoms with Gasteiger partial charge in [-0.05, 0) is 42.3 Å². The standard InChI is InChI=1S/C20H19F2N3O2/c21-15-3-1-2-4-17(15)25-11-13(9-18(25)26)20(27)24-16-6-5-12-10-23-8-7-14(12)19(16)22/h1-6,13,23H,7-11H2,(H,24,27). The lowest BCUT2D eigenvalue weighted by Crippen LogP contribution is -2.29. The molecular formula is C20H19F2N3O2. The van der Waals surface area contributed by atoms with E-state index in [1.54, 1.807) is 18.2 Å². The minimum absolute atomic E-state index is 0.0311. The van der Waals surface area contributed by atoms with Gasteiger partial charge in [0.2, 0.25) is 11.8 Å². The van der Waals surface area contributed by atoms with Gasteiger partial charge in [-0.3, -0.25) is 9.59 Å². The third-order valence-electron chi connectivity index (χ3n) is 5.10. The number of amides is 2. The summed E-state index contributed by atoms with van der Waals surface area (Å²) in [4.78, 5) is 26.1. The normalized spacial score (nSPS) is 19.1. The smallest absolute Gasteiger partial charge is 0.229 e. The predicted octanol–water partition coefficient (Wildman–Crippen LogP) is 2.60. The first kappa shape index (κ1) is 17.6. The van der Waals surface area contributed by atoms with Crippen LogP contribution in [0.25, 0.3) is 0 Å². The van der Waals surface area contributed by atoms with Gasteiger partial charge < -0.3 is 15.5 Å². The van der Waals surface area contributed by atoms with Gasteiger partial charge in [0.15, 0.2) is 0 Å². The first-order valence-electron chi connectivity index (χ1n) is 8.91. The lowest BCUT2D eigenvalue weighted by molar-refractivity contribution is -0.122. The van der Waals surface area contributed by atoms with E-state index in [9.17, 15) is 18.4 Å². The monoisotopic (exact) mass is 371 g/mol. The number of nitrogens with zero attached hydrogens (tertiary/aromatic N) is 1. The molecule has 7 heteroatoms. The largest absolute Gasteiger partial charge is 0.323 e. The first-order chi connectivity index (χ1) is 13.0. The van der Waals surface area contributed by atoms with Crippen LogP contribution in [0.5, 0.6) is 0 Å². The van der Waals surface area contributed by atoms with Crippen LogP contribution in [0, 0.1) is 17.6 Å². The summed E-state index contributed by atoms with van der Waals surface area (Å²) in [5, 5.41) is 5.78. The van der Waals surface area contributed by atoms with Crippen LogP contribution in [-0.4, -0.2) is 24.9 Å². The highest BCUT2D eigenvalue weighted by molar-refractivity contribution is 6.03. The van der Waals surface area contributed by atoms with Gasteiger partial charge in [0, 0.05) is 19.5 Å².